The highest BCUT2D eigenvalue weighted by Gasteiger charge is 2.20. The Morgan fingerprint density at radius 2 is 2.15 bits per heavy atom. The van der Waals surface area contributed by atoms with Crippen molar-refractivity contribution in [3.8, 4) is 0 Å². The summed E-state index contributed by atoms with van der Waals surface area (Å²) in [7, 11) is 0. The second-order valence-corrected chi connectivity index (χ2v) is 7.12. The van der Waals surface area contributed by atoms with E-state index in [4.69, 9.17) is 9.97 Å². The lowest BCUT2D eigenvalue weighted by molar-refractivity contribution is 0.582. The van der Waals surface area contributed by atoms with Crippen LogP contribution in [0.4, 0.5) is 11.8 Å². The minimum absolute atomic E-state index is 0.435. The Kier molecular flexibility index (Phi) is 4.55. The van der Waals surface area contributed by atoms with Crippen LogP contribution in [0.15, 0.2) is 33.6 Å². The summed E-state index contributed by atoms with van der Waals surface area (Å²) in [4.78, 5) is 11.9. The zero-order chi connectivity index (χ0) is 18.1. The summed E-state index contributed by atoms with van der Waals surface area (Å²) in [6.07, 6.45) is 7.90. The molecule has 3 heterocycles. The number of aromatic nitrogens is 2. The van der Waals surface area contributed by atoms with E-state index >= 15 is 0 Å². The maximum absolute atomic E-state index is 4.85. The van der Waals surface area contributed by atoms with Crippen LogP contribution >= 0.6 is 0 Å². The van der Waals surface area contributed by atoms with Gasteiger partial charge in [0.1, 0.15) is 5.82 Å². The van der Waals surface area contributed by atoms with E-state index in [1.165, 1.54) is 0 Å². The first-order valence-corrected chi connectivity index (χ1v) is 9.23. The summed E-state index contributed by atoms with van der Waals surface area (Å²) in [5, 5.41) is 15.1. The molecule has 1 fully saturated rings. The fourth-order valence-corrected chi connectivity index (χ4v) is 3.39. The van der Waals surface area contributed by atoms with Gasteiger partial charge in [-0.05, 0) is 39.8 Å². The number of allylic oxidation sites excluding steroid dienone is 3. The molecule has 0 saturated carbocycles. The van der Waals surface area contributed by atoms with Crippen molar-refractivity contribution in [2.24, 2.45) is 10.2 Å². The highest BCUT2D eigenvalue weighted by Crippen LogP contribution is 2.24. The van der Waals surface area contributed by atoms with Crippen LogP contribution in [0.25, 0.3) is 0 Å². The van der Waals surface area contributed by atoms with Crippen molar-refractivity contribution in [2.75, 3.05) is 29.9 Å². The Morgan fingerprint density at radius 3 is 3.04 bits per heavy atom. The number of anilines is 2. The Bertz CT molecular complexity index is 835. The molecular formula is C19H25N7. The molecule has 1 atom stereocenters. The molecule has 0 radical (unpaired) electrons. The van der Waals surface area contributed by atoms with Gasteiger partial charge >= 0.3 is 0 Å². The highest BCUT2D eigenvalue weighted by molar-refractivity contribution is 6.20. The maximum atomic E-state index is 4.85. The second-order valence-electron chi connectivity index (χ2n) is 7.12. The number of rotatable bonds is 3. The van der Waals surface area contributed by atoms with E-state index in [2.05, 4.69) is 51.7 Å². The molecule has 26 heavy (non-hydrogen) atoms. The second kappa shape index (κ2) is 6.99. The fraction of sp³-hybridized carbons (Fsp3) is 0.474. The van der Waals surface area contributed by atoms with Gasteiger partial charge in [0.05, 0.1) is 11.9 Å². The third-order valence-corrected chi connectivity index (χ3v) is 5.05. The van der Waals surface area contributed by atoms with Crippen LogP contribution in [-0.4, -0.2) is 47.6 Å². The lowest BCUT2D eigenvalue weighted by Crippen LogP contribution is -2.36. The molecule has 0 amide bonds. The zero-order valence-corrected chi connectivity index (χ0v) is 15.6. The number of hydrogen-bond donors (Lipinski definition) is 2. The van der Waals surface area contributed by atoms with E-state index in [9.17, 15) is 0 Å². The van der Waals surface area contributed by atoms with Crippen molar-refractivity contribution < 1.29 is 0 Å². The molecule has 1 aromatic heterocycles. The van der Waals surface area contributed by atoms with Crippen molar-refractivity contribution >= 4 is 23.7 Å². The van der Waals surface area contributed by atoms with E-state index in [1.807, 2.05) is 6.92 Å². The van der Waals surface area contributed by atoms with Crippen molar-refractivity contribution in [1.29, 1.82) is 0 Å². The third kappa shape index (κ3) is 3.39. The summed E-state index contributed by atoms with van der Waals surface area (Å²) in [6, 6.07) is 0.435. The van der Waals surface area contributed by atoms with Crippen molar-refractivity contribution in [2.45, 2.75) is 39.7 Å². The van der Waals surface area contributed by atoms with Crippen LogP contribution in [0.3, 0.4) is 0 Å². The maximum Gasteiger partial charge on any atom is 0.227 e. The molecule has 2 aliphatic heterocycles. The third-order valence-electron chi connectivity index (χ3n) is 5.05. The largest absolute Gasteiger partial charge is 0.340 e. The molecule has 7 heteroatoms. The molecule has 1 unspecified atom stereocenters. The van der Waals surface area contributed by atoms with Gasteiger partial charge in [-0.2, -0.15) is 15.2 Å². The summed E-state index contributed by atoms with van der Waals surface area (Å²) in [5.74, 6) is 1.68. The minimum atomic E-state index is 0.435. The molecule has 3 aliphatic rings. The van der Waals surface area contributed by atoms with E-state index < -0.39 is 0 Å². The van der Waals surface area contributed by atoms with Crippen LogP contribution in [0.5, 0.6) is 0 Å². The normalized spacial score (nSPS) is 22.3. The van der Waals surface area contributed by atoms with Crippen LogP contribution < -0.4 is 15.5 Å². The topological polar surface area (TPSA) is 77.8 Å². The zero-order valence-electron chi connectivity index (χ0n) is 15.6. The molecule has 1 saturated heterocycles. The Labute approximate surface area is 154 Å². The van der Waals surface area contributed by atoms with Gasteiger partial charge in [0.2, 0.25) is 5.95 Å². The Hall–Kier alpha value is -2.54. The average molecular weight is 351 g/mol. The van der Waals surface area contributed by atoms with Gasteiger partial charge in [0.15, 0.2) is 0 Å². The summed E-state index contributed by atoms with van der Waals surface area (Å²) in [6.45, 7) is 9.26. The lowest BCUT2D eigenvalue weighted by Gasteiger charge is -2.24. The lowest BCUT2D eigenvalue weighted by atomic mass is 10.0. The van der Waals surface area contributed by atoms with Gasteiger partial charge in [-0.15, -0.1) is 0 Å². The Balaban J connectivity index is 1.60. The number of nitrogens with one attached hydrogen (secondary N) is 2. The Morgan fingerprint density at radius 1 is 1.27 bits per heavy atom. The van der Waals surface area contributed by atoms with Crippen molar-refractivity contribution in [3.05, 3.63) is 34.7 Å². The molecule has 2 N–H and O–H groups in total. The minimum Gasteiger partial charge on any atom is -0.340 e. The fourth-order valence-electron chi connectivity index (χ4n) is 3.39. The molecule has 0 aromatic carbocycles. The average Bonchev–Trinajstić information content (AvgIpc) is 2.98. The molecule has 1 aromatic rings. The van der Waals surface area contributed by atoms with Gasteiger partial charge in [0.25, 0.3) is 0 Å². The smallest absolute Gasteiger partial charge is 0.227 e. The van der Waals surface area contributed by atoms with Crippen LogP contribution in [0.1, 0.15) is 31.0 Å². The number of aryl methyl sites for hydroxylation is 1. The number of fused-ring (bicyclic) bond motifs is 1. The quantitative estimate of drug-likeness (QED) is 0.874. The van der Waals surface area contributed by atoms with E-state index in [-0.39, 0.29) is 0 Å². The number of nitrogens with zero attached hydrogens (tertiary/aromatic N) is 5. The van der Waals surface area contributed by atoms with Crippen molar-refractivity contribution in [1.82, 2.24) is 15.3 Å². The van der Waals surface area contributed by atoms with Gasteiger partial charge in [-0.1, -0.05) is 6.08 Å². The number of hydrogen-bond acceptors (Lipinski definition) is 7. The molecule has 1 aliphatic carbocycles. The first kappa shape index (κ1) is 16.9. The predicted molar refractivity (Wildman–Crippen MR) is 106 cm³/mol. The van der Waals surface area contributed by atoms with Gasteiger partial charge < -0.3 is 15.5 Å². The van der Waals surface area contributed by atoms with Crippen LogP contribution in [0, 0.1) is 13.8 Å². The molecule has 136 valence electrons. The standard InChI is InChI=1S/C19H25N7/c1-12-11-26(8-4-7-20-12)19-22-14(3)13(2)18(24-19)23-16-5-6-17-15(9-16)10-21-25-17/h5,9-10,12,20H,4,6-8,11H2,1-3H3,(H,22,23,24). The van der Waals surface area contributed by atoms with E-state index in [1.54, 1.807) is 6.21 Å². The molecule has 0 spiro atoms. The van der Waals surface area contributed by atoms with Crippen molar-refractivity contribution in [3.63, 3.8) is 0 Å². The molecule has 7 nitrogen and oxygen atoms in total. The first-order valence-electron chi connectivity index (χ1n) is 9.23. The SMILES string of the molecule is Cc1nc(N2CCCNC(C)C2)nc(NC2=CCC3=NN=CC3=C2)c1C. The molecular weight excluding hydrogens is 326 g/mol. The summed E-state index contributed by atoms with van der Waals surface area (Å²) < 4.78 is 0. The van der Waals surface area contributed by atoms with E-state index in [0.717, 1.165) is 72.5 Å². The van der Waals surface area contributed by atoms with Crippen LogP contribution in [-0.2, 0) is 0 Å². The summed E-state index contributed by atoms with van der Waals surface area (Å²) >= 11 is 0. The van der Waals surface area contributed by atoms with Gasteiger partial charge in [-0.25, -0.2) is 4.98 Å². The van der Waals surface area contributed by atoms with Gasteiger partial charge in [-0.3, -0.25) is 0 Å². The van der Waals surface area contributed by atoms with Gasteiger partial charge in [0, 0.05) is 48.1 Å². The monoisotopic (exact) mass is 351 g/mol. The van der Waals surface area contributed by atoms with E-state index in [0.29, 0.717) is 6.04 Å². The van der Waals surface area contributed by atoms with Crippen LogP contribution in [0.2, 0.25) is 0 Å². The highest BCUT2D eigenvalue weighted by atomic mass is 15.3. The summed E-state index contributed by atoms with van der Waals surface area (Å²) in [5.41, 5.74) is 5.22. The molecule has 4 rings (SSSR count). The predicted octanol–water partition coefficient (Wildman–Crippen LogP) is 2.35. The first-order chi connectivity index (χ1) is 12.6. The molecule has 0 bridgehead atoms.